The fourth-order valence-electron chi connectivity index (χ4n) is 0. The van der Waals surface area contributed by atoms with Crippen LogP contribution in [0, 0.1) is 0 Å². The van der Waals surface area contributed by atoms with Crippen molar-refractivity contribution in [1.82, 2.24) is 0 Å². The van der Waals surface area contributed by atoms with Gasteiger partial charge in [-0.05, 0) is 0 Å². The summed E-state index contributed by atoms with van der Waals surface area (Å²) >= 11 is 0. The maximum atomic E-state index is 8.00. The predicted octanol–water partition coefficient (Wildman–Crippen LogP) is -2.02. The molecule has 3 heteroatoms. The van der Waals surface area contributed by atoms with Crippen molar-refractivity contribution < 1.29 is 4.79 Å². The third-order valence-corrected chi connectivity index (χ3v) is 0. The Morgan fingerprint density at radius 1 is 1.25 bits per heavy atom. The molecular formula is CH6BNaO. The second-order valence-corrected chi connectivity index (χ2v) is 0. The standard InChI is InChI=1S/CH2O.BH3.Na.H/c1-2;;;/h1H2;1H3;;. The molecule has 0 heterocycles. The van der Waals surface area contributed by atoms with Gasteiger partial charge in [-0.25, -0.2) is 0 Å². The molecule has 0 spiro atoms. The van der Waals surface area contributed by atoms with Gasteiger partial charge in [0.15, 0.2) is 0 Å². The molecule has 0 amide bonds. The van der Waals surface area contributed by atoms with Gasteiger partial charge in [-0.15, -0.1) is 0 Å². The number of carbonyl (C=O) groups is 1. The molecule has 0 unspecified atom stereocenters. The Bertz CT molecular complexity index is 8.00. The predicted molar refractivity (Wildman–Crippen MR) is 24.2 cm³/mol. The summed E-state index contributed by atoms with van der Waals surface area (Å²) in [6, 6.07) is 0. The first-order valence-electron chi connectivity index (χ1n) is 0.289. The van der Waals surface area contributed by atoms with Crippen molar-refractivity contribution in [3.63, 3.8) is 0 Å². The SMILES string of the molecule is B.C=O.[NaH]. The summed E-state index contributed by atoms with van der Waals surface area (Å²) in [5.41, 5.74) is 0. The van der Waals surface area contributed by atoms with E-state index in [0.717, 1.165) is 0 Å². The first-order valence-corrected chi connectivity index (χ1v) is 0.289. The van der Waals surface area contributed by atoms with E-state index in [2.05, 4.69) is 0 Å². The van der Waals surface area contributed by atoms with Gasteiger partial charge in [-0.2, -0.15) is 0 Å². The van der Waals surface area contributed by atoms with E-state index in [9.17, 15) is 0 Å². The van der Waals surface area contributed by atoms with Crippen LogP contribution >= 0.6 is 0 Å². The van der Waals surface area contributed by atoms with Gasteiger partial charge < -0.3 is 4.79 Å². The van der Waals surface area contributed by atoms with Crippen molar-refractivity contribution in [3.05, 3.63) is 0 Å². The van der Waals surface area contributed by atoms with E-state index in [4.69, 9.17) is 4.79 Å². The zero-order chi connectivity index (χ0) is 2.00. The minimum absolute atomic E-state index is 0. The average molecular weight is 67.9 g/mol. The normalized spacial score (nSPS) is 1.00. The molecule has 0 rings (SSSR count). The van der Waals surface area contributed by atoms with Crippen LogP contribution in [-0.2, 0) is 4.79 Å². The van der Waals surface area contributed by atoms with Crippen molar-refractivity contribution in [2.24, 2.45) is 0 Å². The molecule has 0 saturated carbocycles. The second kappa shape index (κ2) is 51.7. The van der Waals surface area contributed by atoms with Gasteiger partial charge in [0.1, 0.15) is 6.79 Å². The zero-order valence-electron chi connectivity index (χ0n) is 1.12. The molecule has 0 aliphatic heterocycles. The zero-order valence-corrected chi connectivity index (χ0v) is 1.12. The summed E-state index contributed by atoms with van der Waals surface area (Å²) in [7, 11) is 0. The fraction of sp³-hybridized carbons (Fsp3) is 0. The van der Waals surface area contributed by atoms with E-state index in [1.54, 1.807) is 0 Å². The first kappa shape index (κ1) is 21.9. The Kier molecular flexibility index (Phi) is 284. The van der Waals surface area contributed by atoms with Gasteiger partial charge in [-0.3, -0.25) is 0 Å². The van der Waals surface area contributed by atoms with Crippen molar-refractivity contribution >= 4 is 44.8 Å². The topological polar surface area (TPSA) is 17.1 Å². The average Bonchev–Trinajstić information content (AvgIpc) is 1.00. The number of carbonyl (C=O) groups excluding carboxylic acids is 1. The molecule has 0 aromatic rings. The molecular weight excluding hydrogens is 61.8 g/mol. The third kappa shape index (κ3) is 15.2. The molecule has 4 heavy (non-hydrogen) atoms. The van der Waals surface area contributed by atoms with Crippen molar-refractivity contribution in [2.75, 3.05) is 0 Å². The molecule has 0 radical (unpaired) electrons. The maximum absolute atomic E-state index is 8.00. The van der Waals surface area contributed by atoms with Gasteiger partial charge in [0.25, 0.3) is 0 Å². The molecule has 0 N–H and O–H groups in total. The van der Waals surface area contributed by atoms with Crippen LogP contribution in [0.2, 0.25) is 0 Å². The quantitative estimate of drug-likeness (QED) is 0.299. The summed E-state index contributed by atoms with van der Waals surface area (Å²) in [5.74, 6) is 0. The summed E-state index contributed by atoms with van der Waals surface area (Å²) in [4.78, 5) is 8.00. The van der Waals surface area contributed by atoms with Crippen LogP contribution in [0.3, 0.4) is 0 Å². The van der Waals surface area contributed by atoms with E-state index in [0.29, 0.717) is 0 Å². The minimum atomic E-state index is 0. The monoisotopic (exact) mass is 68.0 g/mol. The Hall–Kier alpha value is 0.735. The van der Waals surface area contributed by atoms with E-state index >= 15 is 0 Å². The Labute approximate surface area is 49.6 Å². The molecule has 0 aliphatic carbocycles. The molecule has 0 aromatic heterocycles. The van der Waals surface area contributed by atoms with Gasteiger partial charge in [0, 0.05) is 0 Å². The third-order valence-electron chi connectivity index (χ3n) is 0. The summed E-state index contributed by atoms with van der Waals surface area (Å²) in [6.45, 7) is 2.00. The molecule has 20 valence electrons. The number of hydrogen-bond donors (Lipinski definition) is 0. The van der Waals surface area contributed by atoms with Crippen molar-refractivity contribution in [2.45, 2.75) is 0 Å². The second-order valence-electron chi connectivity index (χ2n) is 0. The van der Waals surface area contributed by atoms with Crippen LogP contribution in [-0.4, -0.2) is 44.8 Å². The van der Waals surface area contributed by atoms with Crippen LogP contribution in [0.25, 0.3) is 0 Å². The van der Waals surface area contributed by atoms with E-state index in [1.807, 2.05) is 6.79 Å². The summed E-state index contributed by atoms with van der Waals surface area (Å²) in [5, 5.41) is 0. The molecule has 0 aliphatic rings. The van der Waals surface area contributed by atoms with Gasteiger partial charge >= 0.3 is 29.6 Å². The van der Waals surface area contributed by atoms with Crippen LogP contribution in [0.15, 0.2) is 0 Å². The molecule has 0 saturated heterocycles. The molecule has 0 fully saturated rings. The molecule has 0 atom stereocenters. The summed E-state index contributed by atoms with van der Waals surface area (Å²) in [6.07, 6.45) is 0. The Morgan fingerprint density at radius 3 is 1.25 bits per heavy atom. The van der Waals surface area contributed by atoms with E-state index in [-0.39, 0.29) is 38.0 Å². The van der Waals surface area contributed by atoms with Gasteiger partial charge in [0.2, 0.25) is 0 Å². The van der Waals surface area contributed by atoms with Crippen LogP contribution < -0.4 is 0 Å². The summed E-state index contributed by atoms with van der Waals surface area (Å²) < 4.78 is 0. The Balaban J connectivity index is -0.00000000500. The number of rotatable bonds is 0. The van der Waals surface area contributed by atoms with Gasteiger partial charge in [0.05, 0.1) is 8.41 Å². The molecule has 0 aromatic carbocycles. The van der Waals surface area contributed by atoms with E-state index < -0.39 is 0 Å². The van der Waals surface area contributed by atoms with Crippen molar-refractivity contribution in [3.8, 4) is 0 Å². The van der Waals surface area contributed by atoms with Gasteiger partial charge in [-0.1, -0.05) is 0 Å². The molecule has 0 bridgehead atoms. The van der Waals surface area contributed by atoms with E-state index in [1.165, 1.54) is 0 Å². The fourth-order valence-corrected chi connectivity index (χ4v) is 0. The van der Waals surface area contributed by atoms with Crippen molar-refractivity contribution in [1.29, 1.82) is 0 Å². The number of hydrogen-bond acceptors (Lipinski definition) is 1. The van der Waals surface area contributed by atoms with Crippen LogP contribution in [0.5, 0.6) is 0 Å². The first-order chi connectivity index (χ1) is 1.00. The van der Waals surface area contributed by atoms with Crippen LogP contribution in [0.1, 0.15) is 0 Å². The van der Waals surface area contributed by atoms with Crippen LogP contribution in [0.4, 0.5) is 0 Å². The Morgan fingerprint density at radius 2 is 1.25 bits per heavy atom. The molecule has 1 nitrogen and oxygen atoms in total.